The Morgan fingerprint density at radius 3 is 1.82 bits per heavy atom. The van der Waals surface area contributed by atoms with Crippen molar-refractivity contribution in [3.63, 3.8) is 0 Å². The van der Waals surface area contributed by atoms with Gasteiger partial charge in [-0.2, -0.15) is 0 Å². The van der Waals surface area contributed by atoms with Gasteiger partial charge in [-0.15, -0.1) is 0 Å². The van der Waals surface area contributed by atoms with E-state index >= 15 is 0 Å². The van der Waals surface area contributed by atoms with Crippen LogP contribution in [0, 0.1) is 20.8 Å². The van der Waals surface area contributed by atoms with Crippen LogP contribution in [0.2, 0.25) is 0 Å². The van der Waals surface area contributed by atoms with Gasteiger partial charge in [0.1, 0.15) is 5.78 Å². The third kappa shape index (κ3) is 2.43. The molecule has 3 nitrogen and oxygen atoms in total. The molecule has 0 N–H and O–H groups in total. The smallest absolute Gasteiger partial charge is 0.164 e. The number of methoxy groups -OCH3 is 2. The summed E-state index contributed by atoms with van der Waals surface area (Å²) < 4.78 is 10.8. The van der Waals surface area contributed by atoms with E-state index in [1.165, 1.54) is 0 Å². The van der Waals surface area contributed by atoms with Gasteiger partial charge in [0.05, 0.1) is 14.2 Å². The molecule has 0 heterocycles. The van der Waals surface area contributed by atoms with Crippen LogP contribution >= 0.6 is 0 Å². The average molecular weight is 236 g/mol. The van der Waals surface area contributed by atoms with Gasteiger partial charge in [-0.25, -0.2) is 0 Å². The van der Waals surface area contributed by atoms with Crippen LogP contribution in [0.5, 0.6) is 11.5 Å². The van der Waals surface area contributed by atoms with Crippen LogP contribution in [0.4, 0.5) is 0 Å². The first-order valence-corrected chi connectivity index (χ1v) is 5.64. The van der Waals surface area contributed by atoms with Crippen LogP contribution in [0.25, 0.3) is 0 Å². The normalized spacial score (nSPS) is 10.2. The molecular formula is C14H20O3. The number of carbonyl (C=O) groups is 1. The molecule has 17 heavy (non-hydrogen) atoms. The lowest BCUT2D eigenvalue weighted by molar-refractivity contribution is -0.116. The van der Waals surface area contributed by atoms with E-state index in [1.807, 2.05) is 20.8 Å². The second-order valence-corrected chi connectivity index (χ2v) is 4.30. The monoisotopic (exact) mass is 236 g/mol. The summed E-state index contributed by atoms with van der Waals surface area (Å²) in [6, 6.07) is 0. The van der Waals surface area contributed by atoms with Crippen molar-refractivity contribution in [1.29, 1.82) is 0 Å². The van der Waals surface area contributed by atoms with E-state index in [0.717, 1.165) is 33.8 Å². The fourth-order valence-corrected chi connectivity index (χ4v) is 2.16. The summed E-state index contributed by atoms with van der Waals surface area (Å²) in [5.41, 5.74) is 4.18. The molecule has 0 aliphatic heterocycles. The predicted molar refractivity (Wildman–Crippen MR) is 68.1 cm³/mol. The zero-order valence-corrected chi connectivity index (χ0v) is 11.4. The molecule has 0 saturated carbocycles. The van der Waals surface area contributed by atoms with Gasteiger partial charge in [0.25, 0.3) is 0 Å². The minimum Gasteiger partial charge on any atom is -0.493 e. The van der Waals surface area contributed by atoms with Gasteiger partial charge in [-0.3, -0.25) is 4.79 Å². The average Bonchev–Trinajstić information content (AvgIpc) is 2.28. The molecule has 94 valence electrons. The van der Waals surface area contributed by atoms with Gasteiger partial charge in [0.2, 0.25) is 0 Å². The highest BCUT2D eigenvalue weighted by Gasteiger charge is 2.19. The van der Waals surface area contributed by atoms with Crippen molar-refractivity contribution in [2.75, 3.05) is 14.2 Å². The quantitative estimate of drug-likeness (QED) is 0.806. The number of Topliss-reactive ketones (excluding diaryl/α,β-unsaturated/α-hetero) is 1. The molecule has 1 rings (SSSR count). The zero-order chi connectivity index (χ0) is 13.2. The number of hydrogen-bond donors (Lipinski definition) is 0. The van der Waals surface area contributed by atoms with E-state index in [-0.39, 0.29) is 5.78 Å². The molecular weight excluding hydrogens is 216 g/mol. The molecule has 0 saturated heterocycles. The summed E-state index contributed by atoms with van der Waals surface area (Å²) in [5.74, 6) is 1.64. The first kappa shape index (κ1) is 13.6. The number of rotatable bonds is 4. The molecule has 0 aliphatic carbocycles. The number of benzene rings is 1. The van der Waals surface area contributed by atoms with Crippen molar-refractivity contribution >= 4 is 5.78 Å². The van der Waals surface area contributed by atoms with Crippen molar-refractivity contribution in [2.45, 2.75) is 34.1 Å². The highest BCUT2D eigenvalue weighted by Crippen LogP contribution is 2.39. The molecule has 0 radical (unpaired) electrons. The molecule has 1 aromatic rings. The molecule has 3 heteroatoms. The van der Waals surface area contributed by atoms with E-state index in [0.29, 0.717) is 6.42 Å². The topological polar surface area (TPSA) is 35.5 Å². The van der Waals surface area contributed by atoms with Gasteiger partial charge < -0.3 is 9.47 Å². The Morgan fingerprint density at radius 1 is 0.941 bits per heavy atom. The molecule has 0 aliphatic rings. The van der Waals surface area contributed by atoms with Crippen LogP contribution in [0.1, 0.15) is 29.2 Å². The third-order valence-corrected chi connectivity index (χ3v) is 3.19. The van der Waals surface area contributed by atoms with E-state index in [2.05, 4.69) is 0 Å². The second kappa shape index (κ2) is 5.21. The SMILES string of the molecule is COc1c(C)c(C)c(CC(C)=O)c(C)c1OC. The first-order valence-electron chi connectivity index (χ1n) is 5.64. The van der Waals surface area contributed by atoms with Crippen molar-refractivity contribution in [2.24, 2.45) is 0 Å². The summed E-state index contributed by atoms with van der Waals surface area (Å²) in [4.78, 5) is 11.3. The largest absolute Gasteiger partial charge is 0.493 e. The van der Waals surface area contributed by atoms with Crippen LogP contribution < -0.4 is 9.47 Å². The molecule has 0 fully saturated rings. The maximum Gasteiger partial charge on any atom is 0.164 e. The summed E-state index contributed by atoms with van der Waals surface area (Å²) in [6.45, 7) is 7.57. The first-order chi connectivity index (χ1) is 7.93. The van der Waals surface area contributed by atoms with Crippen LogP contribution in [-0.4, -0.2) is 20.0 Å². The maximum atomic E-state index is 11.3. The molecule has 0 aromatic heterocycles. The number of carbonyl (C=O) groups excluding carboxylic acids is 1. The fraction of sp³-hybridized carbons (Fsp3) is 0.500. The Kier molecular flexibility index (Phi) is 4.16. The maximum absolute atomic E-state index is 11.3. The number of hydrogen-bond acceptors (Lipinski definition) is 3. The standard InChI is InChI=1S/C14H20O3/c1-8(15)7-12-9(2)10(3)13(16-5)14(17-6)11(12)4/h7H2,1-6H3. The second-order valence-electron chi connectivity index (χ2n) is 4.30. The highest BCUT2D eigenvalue weighted by molar-refractivity contribution is 5.80. The number of ketones is 1. The highest BCUT2D eigenvalue weighted by atomic mass is 16.5. The molecule has 0 amide bonds. The molecule has 0 spiro atoms. The Balaban J connectivity index is 3.52. The van der Waals surface area contributed by atoms with E-state index in [9.17, 15) is 4.79 Å². The van der Waals surface area contributed by atoms with E-state index < -0.39 is 0 Å². The zero-order valence-electron chi connectivity index (χ0n) is 11.4. The number of ether oxygens (including phenoxy) is 2. The lowest BCUT2D eigenvalue weighted by atomic mass is 9.93. The lowest BCUT2D eigenvalue weighted by Gasteiger charge is -2.19. The molecule has 0 unspecified atom stereocenters. The van der Waals surface area contributed by atoms with Crippen LogP contribution in [0.15, 0.2) is 0 Å². The molecule has 0 atom stereocenters. The summed E-state index contributed by atoms with van der Waals surface area (Å²) in [6.07, 6.45) is 0.443. The third-order valence-electron chi connectivity index (χ3n) is 3.19. The summed E-state index contributed by atoms with van der Waals surface area (Å²) in [7, 11) is 3.26. The molecule has 0 bridgehead atoms. The Bertz CT molecular complexity index is 448. The van der Waals surface area contributed by atoms with Crippen molar-refractivity contribution < 1.29 is 14.3 Å². The van der Waals surface area contributed by atoms with E-state index in [4.69, 9.17) is 9.47 Å². The summed E-state index contributed by atoms with van der Waals surface area (Å²) >= 11 is 0. The van der Waals surface area contributed by atoms with Gasteiger partial charge in [-0.1, -0.05) is 0 Å². The Morgan fingerprint density at radius 2 is 1.41 bits per heavy atom. The fourth-order valence-electron chi connectivity index (χ4n) is 2.16. The minimum atomic E-state index is 0.155. The van der Waals surface area contributed by atoms with Crippen molar-refractivity contribution in [3.05, 3.63) is 22.3 Å². The minimum absolute atomic E-state index is 0.155. The predicted octanol–water partition coefficient (Wildman–Crippen LogP) is 2.76. The summed E-state index contributed by atoms with van der Waals surface area (Å²) in [5, 5.41) is 0. The van der Waals surface area contributed by atoms with Crippen molar-refractivity contribution in [1.82, 2.24) is 0 Å². The van der Waals surface area contributed by atoms with Gasteiger partial charge in [-0.05, 0) is 49.9 Å². The Hall–Kier alpha value is -1.51. The Labute approximate surface area is 103 Å². The van der Waals surface area contributed by atoms with Crippen LogP contribution in [-0.2, 0) is 11.2 Å². The van der Waals surface area contributed by atoms with Gasteiger partial charge in [0, 0.05) is 6.42 Å². The molecule has 1 aromatic carbocycles. The lowest BCUT2D eigenvalue weighted by Crippen LogP contribution is -2.07. The van der Waals surface area contributed by atoms with E-state index in [1.54, 1.807) is 21.1 Å². The van der Waals surface area contributed by atoms with Gasteiger partial charge >= 0.3 is 0 Å². The van der Waals surface area contributed by atoms with Crippen molar-refractivity contribution in [3.8, 4) is 11.5 Å². The van der Waals surface area contributed by atoms with Crippen LogP contribution in [0.3, 0.4) is 0 Å². The van der Waals surface area contributed by atoms with Gasteiger partial charge in [0.15, 0.2) is 11.5 Å².